The van der Waals surface area contributed by atoms with E-state index in [2.05, 4.69) is 5.32 Å². The molecular weight excluding hydrogens is 242 g/mol. The van der Waals surface area contributed by atoms with Crippen molar-refractivity contribution < 1.29 is 19.8 Å². The van der Waals surface area contributed by atoms with Crippen molar-refractivity contribution in [1.29, 1.82) is 0 Å². The summed E-state index contributed by atoms with van der Waals surface area (Å²) in [6, 6.07) is 0.806. The summed E-state index contributed by atoms with van der Waals surface area (Å²) in [6.45, 7) is 1.66. The van der Waals surface area contributed by atoms with Gasteiger partial charge in [0, 0.05) is 13.0 Å². The molecule has 0 aliphatic heterocycles. The number of aliphatic carboxylic acids is 1. The molecule has 1 aromatic heterocycles. The molecule has 1 aromatic rings. The zero-order valence-electron chi connectivity index (χ0n) is 9.47. The molecule has 0 radical (unpaired) electrons. The van der Waals surface area contributed by atoms with Gasteiger partial charge in [0.15, 0.2) is 0 Å². The Kier molecular flexibility index (Phi) is 5.11. The van der Waals surface area contributed by atoms with E-state index < -0.39 is 17.9 Å². The number of carboxylic acid groups (broad SMARTS) is 1. The minimum atomic E-state index is -1.14. The quantitative estimate of drug-likeness (QED) is 0.706. The van der Waals surface area contributed by atoms with E-state index in [1.807, 2.05) is 13.0 Å². The molecule has 5 nitrogen and oxygen atoms in total. The van der Waals surface area contributed by atoms with Crippen LogP contribution in [-0.4, -0.2) is 34.7 Å². The summed E-state index contributed by atoms with van der Waals surface area (Å²) in [7, 11) is 0. The average Bonchev–Trinajstić information content (AvgIpc) is 2.76. The van der Waals surface area contributed by atoms with E-state index in [0.717, 1.165) is 12.0 Å². The number of aliphatic hydroxyl groups is 1. The highest BCUT2D eigenvalue weighted by Gasteiger charge is 2.21. The van der Waals surface area contributed by atoms with Crippen molar-refractivity contribution in [2.45, 2.75) is 25.8 Å². The molecule has 1 amide bonds. The summed E-state index contributed by atoms with van der Waals surface area (Å²) >= 11 is 1.29. The predicted molar refractivity (Wildman–Crippen MR) is 64.3 cm³/mol. The summed E-state index contributed by atoms with van der Waals surface area (Å²) in [5.41, 5.74) is 0.903. The van der Waals surface area contributed by atoms with Gasteiger partial charge in [-0.1, -0.05) is 6.92 Å². The fourth-order valence-electron chi connectivity index (χ4n) is 1.42. The Morgan fingerprint density at radius 2 is 2.24 bits per heavy atom. The lowest BCUT2D eigenvalue weighted by molar-refractivity contribution is -0.139. The molecule has 17 heavy (non-hydrogen) atoms. The molecule has 1 rings (SSSR count). The Balaban J connectivity index is 2.73. The van der Waals surface area contributed by atoms with Gasteiger partial charge in [-0.15, -0.1) is 11.3 Å². The third-order valence-electron chi connectivity index (χ3n) is 2.36. The van der Waals surface area contributed by atoms with Gasteiger partial charge in [-0.25, -0.2) is 4.79 Å². The van der Waals surface area contributed by atoms with Crippen molar-refractivity contribution >= 4 is 23.2 Å². The van der Waals surface area contributed by atoms with Crippen LogP contribution in [-0.2, 0) is 11.2 Å². The minimum Gasteiger partial charge on any atom is -0.480 e. The Hall–Kier alpha value is -1.40. The summed E-state index contributed by atoms with van der Waals surface area (Å²) in [6.07, 6.45) is 0.734. The lowest BCUT2D eigenvalue weighted by Crippen LogP contribution is -2.41. The first-order valence-electron chi connectivity index (χ1n) is 5.31. The van der Waals surface area contributed by atoms with E-state index in [9.17, 15) is 9.59 Å². The van der Waals surface area contributed by atoms with Crippen molar-refractivity contribution in [2.75, 3.05) is 6.61 Å². The second-order valence-corrected chi connectivity index (χ2v) is 4.42. The van der Waals surface area contributed by atoms with Gasteiger partial charge in [-0.2, -0.15) is 0 Å². The number of hydrogen-bond acceptors (Lipinski definition) is 4. The topological polar surface area (TPSA) is 86.6 Å². The highest BCUT2D eigenvalue weighted by Crippen LogP contribution is 2.17. The van der Waals surface area contributed by atoms with E-state index in [-0.39, 0.29) is 13.0 Å². The highest BCUT2D eigenvalue weighted by atomic mass is 32.1. The normalized spacial score (nSPS) is 12.1. The SMILES string of the molecule is CCc1ccsc1C(=O)N[C@H](CCO)C(=O)O. The minimum absolute atomic E-state index is 0.00784. The van der Waals surface area contributed by atoms with Gasteiger partial charge in [0.05, 0.1) is 4.88 Å². The largest absolute Gasteiger partial charge is 0.480 e. The number of aliphatic hydroxyl groups excluding tert-OH is 1. The van der Waals surface area contributed by atoms with E-state index in [0.29, 0.717) is 4.88 Å². The first-order chi connectivity index (χ1) is 8.10. The Labute approximate surface area is 103 Å². The van der Waals surface area contributed by atoms with Gasteiger partial charge in [-0.3, -0.25) is 4.79 Å². The van der Waals surface area contributed by atoms with Gasteiger partial charge in [0.25, 0.3) is 5.91 Å². The van der Waals surface area contributed by atoms with Gasteiger partial charge in [-0.05, 0) is 23.4 Å². The van der Waals surface area contributed by atoms with E-state index >= 15 is 0 Å². The summed E-state index contributed by atoms with van der Waals surface area (Å²) in [5, 5.41) is 21.8. The van der Waals surface area contributed by atoms with Crippen molar-refractivity contribution in [3.05, 3.63) is 21.9 Å². The monoisotopic (exact) mass is 257 g/mol. The van der Waals surface area contributed by atoms with Crippen molar-refractivity contribution in [1.82, 2.24) is 5.32 Å². The molecule has 0 saturated carbocycles. The molecule has 94 valence electrons. The van der Waals surface area contributed by atoms with Crippen LogP contribution in [0.4, 0.5) is 0 Å². The van der Waals surface area contributed by atoms with Crippen LogP contribution < -0.4 is 5.32 Å². The smallest absolute Gasteiger partial charge is 0.326 e. The van der Waals surface area contributed by atoms with Crippen LogP contribution in [0.1, 0.15) is 28.6 Å². The van der Waals surface area contributed by atoms with E-state index in [1.165, 1.54) is 11.3 Å². The molecule has 6 heteroatoms. The van der Waals surface area contributed by atoms with Crippen LogP contribution >= 0.6 is 11.3 Å². The molecule has 0 fully saturated rings. The van der Waals surface area contributed by atoms with Crippen LogP contribution in [0.5, 0.6) is 0 Å². The lowest BCUT2D eigenvalue weighted by Gasteiger charge is -2.12. The molecule has 3 N–H and O–H groups in total. The number of rotatable bonds is 6. The molecule has 0 aromatic carbocycles. The van der Waals surface area contributed by atoms with E-state index in [1.54, 1.807) is 5.38 Å². The zero-order valence-corrected chi connectivity index (χ0v) is 10.3. The highest BCUT2D eigenvalue weighted by molar-refractivity contribution is 7.12. The average molecular weight is 257 g/mol. The zero-order chi connectivity index (χ0) is 12.8. The number of nitrogens with one attached hydrogen (secondary N) is 1. The fourth-order valence-corrected chi connectivity index (χ4v) is 2.32. The number of amides is 1. The third kappa shape index (κ3) is 3.54. The first-order valence-corrected chi connectivity index (χ1v) is 6.19. The molecule has 0 aliphatic rings. The van der Waals surface area contributed by atoms with Crippen LogP contribution in [0.3, 0.4) is 0 Å². The molecule has 1 atom stereocenters. The molecule has 0 aliphatic carbocycles. The lowest BCUT2D eigenvalue weighted by atomic mass is 10.1. The molecular formula is C11H15NO4S. The first kappa shape index (κ1) is 13.7. The molecule has 0 bridgehead atoms. The van der Waals surface area contributed by atoms with Crippen LogP contribution in [0.2, 0.25) is 0 Å². The van der Waals surface area contributed by atoms with Crippen molar-refractivity contribution in [2.24, 2.45) is 0 Å². The number of thiophene rings is 1. The molecule has 1 heterocycles. The number of carbonyl (C=O) groups excluding carboxylic acids is 1. The maximum atomic E-state index is 11.8. The molecule has 0 spiro atoms. The number of carboxylic acids is 1. The second-order valence-electron chi connectivity index (χ2n) is 3.51. The number of hydrogen-bond donors (Lipinski definition) is 3. The number of carbonyl (C=O) groups is 2. The standard InChI is InChI=1S/C11H15NO4S/c1-2-7-4-6-17-9(7)10(14)12-8(3-5-13)11(15)16/h4,6,8,13H,2-3,5H2,1H3,(H,12,14)(H,15,16)/t8-/m1/s1. The van der Waals surface area contributed by atoms with Crippen LogP contribution in [0, 0.1) is 0 Å². The summed E-state index contributed by atoms with van der Waals surface area (Å²) < 4.78 is 0. The second kappa shape index (κ2) is 6.36. The Bertz CT molecular complexity index is 402. The van der Waals surface area contributed by atoms with E-state index in [4.69, 9.17) is 10.2 Å². The number of aryl methyl sites for hydroxylation is 1. The third-order valence-corrected chi connectivity index (χ3v) is 3.31. The molecule has 0 unspecified atom stereocenters. The molecule has 0 saturated heterocycles. The fraction of sp³-hybridized carbons (Fsp3) is 0.455. The van der Waals surface area contributed by atoms with Gasteiger partial charge >= 0.3 is 5.97 Å². The van der Waals surface area contributed by atoms with Gasteiger partial charge in [0.1, 0.15) is 6.04 Å². The Morgan fingerprint density at radius 1 is 1.53 bits per heavy atom. The summed E-state index contributed by atoms with van der Waals surface area (Å²) in [4.78, 5) is 23.2. The van der Waals surface area contributed by atoms with Gasteiger partial charge in [0.2, 0.25) is 0 Å². The maximum absolute atomic E-state index is 11.8. The van der Waals surface area contributed by atoms with Crippen LogP contribution in [0.25, 0.3) is 0 Å². The predicted octanol–water partition coefficient (Wildman–Crippen LogP) is 0.876. The summed E-state index contributed by atoms with van der Waals surface area (Å²) in [5.74, 6) is -1.53. The van der Waals surface area contributed by atoms with Gasteiger partial charge < -0.3 is 15.5 Å². The van der Waals surface area contributed by atoms with Crippen LogP contribution in [0.15, 0.2) is 11.4 Å². The maximum Gasteiger partial charge on any atom is 0.326 e. The Morgan fingerprint density at radius 3 is 2.76 bits per heavy atom. The van der Waals surface area contributed by atoms with Crippen molar-refractivity contribution in [3.63, 3.8) is 0 Å². The van der Waals surface area contributed by atoms with Crippen molar-refractivity contribution in [3.8, 4) is 0 Å².